The predicted octanol–water partition coefficient (Wildman–Crippen LogP) is 4.98. The summed E-state index contributed by atoms with van der Waals surface area (Å²) in [5, 5.41) is 1.66. The van der Waals surface area contributed by atoms with E-state index < -0.39 is 7.26 Å². The average Bonchev–Trinajstić information content (AvgIpc) is 2.52. The van der Waals surface area contributed by atoms with Gasteiger partial charge in [-0.25, -0.2) is 0 Å². The Hall–Kier alpha value is -1.13. The monoisotopic (exact) mass is 285 g/mol. The molecule has 0 bridgehead atoms. The second-order valence-corrected chi connectivity index (χ2v) is 10.1. The third-order valence-electron chi connectivity index (χ3n) is 4.56. The van der Waals surface area contributed by atoms with E-state index in [4.69, 9.17) is 0 Å². The highest BCUT2D eigenvalue weighted by atomic mass is 31.2. The maximum absolute atomic E-state index is 2.39. The fourth-order valence-corrected chi connectivity index (χ4v) is 6.65. The van der Waals surface area contributed by atoms with E-state index in [1.54, 1.807) is 5.30 Å². The summed E-state index contributed by atoms with van der Waals surface area (Å²) in [6.07, 6.45) is 5.04. The van der Waals surface area contributed by atoms with Gasteiger partial charge in [0.15, 0.2) is 0 Å². The van der Waals surface area contributed by atoms with Crippen molar-refractivity contribution in [1.29, 1.82) is 0 Å². The van der Waals surface area contributed by atoms with Crippen LogP contribution < -0.4 is 5.30 Å². The second-order valence-electron chi connectivity index (χ2n) is 5.38. The van der Waals surface area contributed by atoms with Crippen molar-refractivity contribution in [2.24, 2.45) is 0 Å². The minimum atomic E-state index is -0.966. The van der Waals surface area contributed by atoms with E-state index in [0.717, 1.165) is 6.42 Å². The Kier molecular flexibility index (Phi) is 5.38. The SMILES string of the molecule is CC[P+](CC)(CC)c1ccccc1Cc1ccccc1. The van der Waals surface area contributed by atoms with Gasteiger partial charge in [-0.05, 0) is 38.0 Å². The molecule has 0 amide bonds. The number of hydrogen-bond donors (Lipinski definition) is 0. The van der Waals surface area contributed by atoms with Crippen molar-refractivity contribution >= 4 is 12.6 Å². The van der Waals surface area contributed by atoms with Gasteiger partial charge in [-0.1, -0.05) is 48.5 Å². The van der Waals surface area contributed by atoms with E-state index in [9.17, 15) is 0 Å². The van der Waals surface area contributed by atoms with Crippen LogP contribution in [0.4, 0.5) is 0 Å². The fourth-order valence-electron chi connectivity index (χ4n) is 3.12. The fraction of sp³-hybridized carbons (Fsp3) is 0.368. The third kappa shape index (κ3) is 3.13. The van der Waals surface area contributed by atoms with E-state index in [1.165, 1.54) is 29.6 Å². The summed E-state index contributed by atoms with van der Waals surface area (Å²) >= 11 is 0. The first-order chi connectivity index (χ1) is 9.75. The van der Waals surface area contributed by atoms with Crippen LogP contribution in [0.1, 0.15) is 31.9 Å². The average molecular weight is 285 g/mol. The molecule has 106 valence electrons. The molecule has 2 aromatic carbocycles. The minimum absolute atomic E-state index is 0.966. The van der Waals surface area contributed by atoms with Gasteiger partial charge in [-0.2, -0.15) is 0 Å². The number of hydrogen-bond acceptors (Lipinski definition) is 0. The van der Waals surface area contributed by atoms with Crippen molar-refractivity contribution in [2.45, 2.75) is 27.2 Å². The van der Waals surface area contributed by atoms with Crippen molar-refractivity contribution in [3.63, 3.8) is 0 Å². The lowest BCUT2D eigenvalue weighted by atomic mass is 10.1. The molecule has 0 saturated heterocycles. The largest absolute Gasteiger partial charge is 0.0974 e. The van der Waals surface area contributed by atoms with Crippen molar-refractivity contribution in [3.05, 3.63) is 65.7 Å². The zero-order valence-electron chi connectivity index (χ0n) is 13.0. The smallest absolute Gasteiger partial charge is 0.0622 e. The van der Waals surface area contributed by atoms with Crippen LogP contribution in [0.5, 0.6) is 0 Å². The van der Waals surface area contributed by atoms with Crippen molar-refractivity contribution < 1.29 is 0 Å². The molecule has 0 unspecified atom stereocenters. The van der Waals surface area contributed by atoms with Crippen molar-refractivity contribution in [1.82, 2.24) is 0 Å². The van der Waals surface area contributed by atoms with Crippen LogP contribution in [-0.4, -0.2) is 18.5 Å². The van der Waals surface area contributed by atoms with Crippen LogP contribution in [0.2, 0.25) is 0 Å². The Morgan fingerprint density at radius 2 is 1.25 bits per heavy atom. The van der Waals surface area contributed by atoms with Crippen molar-refractivity contribution in [3.8, 4) is 0 Å². The molecule has 20 heavy (non-hydrogen) atoms. The molecule has 0 heterocycles. The zero-order valence-corrected chi connectivity index (χ0v) is 13.9. The van der Waals surface area contributed by atoms with Gasteiger partial charge in [-0.3, -0.25) is 0 Å². The summed E-state index contributed by atoms with van der Waals surface area (Å²) in [4.78, 5) is 0. The molecule has 0 aliphatic heterocycles. The number of rotatable bonds is 6. The van der Waals surface area contributed by atoms with Gasteiger partial charge in [0, 0.05) is 13.7 Å². The van der Waals surface area contributed by atoms with Gasteiger partial charge in [0.1, 0.15) is 0 Å². The molecular formula is C19H26P+. The molecule has 0 fully saturated rings. The Morgan fingerprint density at radius 1 is 0.700 bits per heavy atom. The van der Waals surface area contributed by atoms with Gasteiger partial charge < -0.3 is 0 Å². The molecule has 0 spiro atoms. The van der Waals surface area contributed by atoms with Crippen LogP contribution in [0, 0.1) is 0 Å². The van der Waals surface area contributed by atoms with Gasteiger partial charge in [0.05, 0.1) is 23.8 Å². The Bertz CT molecular complexity index is 518. The summed E-state index contributed by atoms with van der Waals surface area (Å²) in [7, 11) is -0.966. The summed E-state index contributed by atoms with van der Waals surface area (Å²) in [5.41, 5.74) is 2.96. The normalized spacial score (nSPS) is 11.6. The molecular weight excluding hydrogens is 259 g/mol. The van der Waals surface area contributed by atoms with E-state index in [0.29, 0.717) is 0 Å². The molecule has 0 aromatic heterocycles. The first kappa shape index (κ1) is 15.3. The number of benzene rings is 2. The molecule has 1 heteroatoms. The first-order valence-corrected chi connectivity index (χ1v) is 10.1. The highest BCUT2D eigenvalue weighted by Crippen LogP contribution is 2.57. The Morgan fingerprint density at radius 3 is 1.85 bits per heavy atom. The third-order valence-corrected chi connectivity index (χ3v) is 9.65. The van der Waals surface area contributed by atoms with Gasteiger partial charge in [0.2, 0.25) is 0 Å². The predicted molar refractivity (Wildman–Crippen MR) is 93.9 cm³/mol. The summed E-state index contributed by atoms with van der Waals surface area (Å²) < 4.78 is 0. The molecule has 2 aromatic rings. The highest BCUT2D eigenvalue weighted by Gasteiger charge is 2.35. The summed E-state index contributed by atoms with van der Waals surface area (Å²) in [5.74, 6) is 0. The maximum atomic E-state index is 2.39. The zero-order chi connectivity index (χ0) is 14.4. The molecule has 2 rings (SSSR count). The molecule has 0 N–H and O–H groups in total. The van der Waals surface area contributed by atoms with Crippen LogP contribution in [0.25, 0.3) is 0 Å². The standard InChI is InChI=1S/C19H26P/c1-4-20(5-2,6-3)19-15-11-10-14-18(19)16-17-12-8-7-9-13-17/h7-15H,4-6,16H2,1-3H3/q+1. The highest BCUT2D eigenvalue weighted by molar-refractivity contribution is 7.82. The molecule has 0 atom stereocenters. The lowest BCUT2D eigenvalue weighted by Crippen LogP contribution is -2.21. The maximum Gasteiger partial charge on any atom is 0.0974 e. The molecule has 0 aliphatic rings. The van der Waals surface area contributed by atoms with Crippen LogP contribution >= 0.6 is 7.26 Å². The van der Waals surface area contributed by atoms with Crippen LogP contribution in [0.15, 0.2) is 54.6 Å². The van der Waals surface area contributed by atoms with Gasteiger partial charge in [-0.15, -0.1) is 0 Å². The lowest BCUT2D eigenvalue weighted by Gasteiger charge is -2.25. The first-order valence-electron chi connectivity index (χ1n) is 7.74. The van der Waals surface area contributed by atoms with E-state index >= 15 is 0 Å². The molecule has 0 saturated carbocycles. The summed E-state index contributed by atoms with van der Waals surface area (Å²) in [6.45, 7) is 7.13. The topological polar surface area (TPSA) is 0 Å². The molecule has 0 radical (unpaired) electrons. The van der Waals surface area contributed by atoms with Crippen LogP contribution in [0.3, 0.4) is 0 Å². The molecule has 0 aliphatic carbocycles. The second kappa shape index (κ2) is 7.04. The summed E-state index contributed by atoms with van der Waals surface area (Å²) in [6, 6.07) is 20.0. The van der Waals surface area contributed by atoms with E-state index in [1.807, 2.05) is 0 Å². The van der Waals surface area contributed by atoms with Gasteiger partial charge in [0.25, 0.3) is 0 Å². The quantitative estimate of drug-likeness (QED) is 0.657. The minimum Gasteiger partial charge on any atom is -0.0622 e. The van der Waals surface area contributed by atoms with Crippen molar-refractivity contribution in [2.75, 3.05) is 18.5 Å². The Labute approximate surface area is 124 Å². The van der Waals surface area contributed by atoms with E-state index in [2.05, 4.69) is 75.4 Å². The van der Waals surface area contributed by atoms with E-state index in [-0.39, 0.29) is 0 Å². The lowest BCUT2D eigenvalue weighted by molar-refractivity contribution is 1.20. The Balaban J connectivity index is 2.40. The van der Waals surface area contributed by atoms with Gasteiger partial charge >= 0.3 is 0 Å². The molecule has 0 nitrogen and oxygen atoms in total. The van der Waals surface area contributed by atoms with Crippen LogP contribution in [-0.2, 0) is 6.42 Å².